The molecular formula is C14H23N3O2. The summed E-state index contributed by atoms with van der Waals surface area (Å²) in [6.07, 6.45) is 7.71. The molecule has 0 aromatic carbocycles. The van der Waals surface area contributed by atoms with Crippen LogP contribution in [0.2, 0.25) is 0 Å². The van der Waals surface area contributed by atoms with Gasteiger partial charge < -0.3 is 10.5 Å². The Morgan fingerprint density at radius 2 is 2.11 bits per heavy atom. The number of ether oxygens (including phenoxy) is 1. The minimum atomic E-state index is -0.430. The summed E-state index contributed by atoms with van der Waals surface area (Å²) >= 11 is 0. The van der Waals surface area contributed by atoms with Crippen LogP contribution in [-0.2, 0) is 4.74 Å². The van der Waals surface area contributed by atoms with Crippen molar-refractivity contribution in [3.05, 3.63) is 11.9 Å². The Balaban J connectivity index is 2.06. The number of nitrogen functional groups attached to an aromatic ring is 1. The molecule has 0 spiro atoms. The fourth-order valence-electron chi connectivity index (χ4n) is 2.77. The van der Waals surface area contributed by atoms with Gasteiger partial charge in [-0.25, -0.2) is 4.79 Å². The Labute approximate surface area is 114 Å². The number of nitrogens with zero attached hydrogens (tertiary/aromatic N) is 2. The van der Waals surface area contributed by atoms with E-state index in [4.69, 9.17) is 10.5 Å². The van der Waals surface area contributed by atoms with E-state index in [1.807, 2.05) is 4.68 Å². The second kappa shape index (κ2) is 6.08. The molecule has 0 aliphatic heterocycles. The van der Waals surface area contributed by atoms with E-state index >= 15 is 0 Å². The highest BCUT2D eigenvalue weighted by Crippen LogP contribution is 2.33. The van der Waals surface area contributed by atoms with Crippen molar-refractivity contribution in [3.63, 3.8) is 0 Å². The lowest BCUT2D eigenvalue weighted by Gasteiger charge is -2.27. The summed E-state index contributed by atoms with van der Waals surface area (Å²) in [5, 5.41) is 4.32. The quantitative estimate of drug-likeness (QED) is 0.850. The Morgan fingerprint density at radius 1 is 1.42 bits per heavy atom. The fraction of sp³-hybridized carbons (Fsp3) is 0.714. The predicted molar refractivity (Wildman–Crippen MR) is 73.9 cm³/mol. The SMILES string of the molecule is CCOC(=O)c1nn(C2CCC(CC)CC2)cc1N. The van der Waals surface area contributed by atoms with Crippen molar-refractivity contribution >= 4 is 11.7 Å². The fourth-order valence-corrected chi connectivity index (χ4v) is 2.77. The predicted octanol–water partition coefficient (Wildman–Crippen LogP) is 2.78. The molecule has 5 heteroatoms. The first-order valence-electron chi connectivity index (χ1n) is 7.17. The second-order valence-electron chi connectivity index (χ2n) is 5.22. The summed E-state index contributed by atoms with van der Waals surface area (Å²) < 4.78 is 6.80. The highest BCUT2D eigenvalue weighted by atomic mass is 16.5. The lowest BCUT2D eigenvalue weighted by molar-refractivity contribution is 0.0519. The van der Waals surface area contributed by atoms with Gasteiger partial charge in [-0.05, 0) is 38.5 Å². The number of nitrogens with two attached hydrogens (primary N) is 1. The van der Waals surface area contributed by atoms with Crippen molar-refractivity contribution in [1.29, 1.82) is 0 Å². The maximum atomic E-state index is 11.7. The molecule has 0 saturated heterocycles. The molecule has 0 unspecified atom stereocenters. The van der Waals surface area contributed by atoms with Crippen molar-refractivity contribution in [1.82, 2.24) is 9.78 Å². The minimum Gasteiger partial charge on any atom is -0.461 e. The topological polar surface area (TPSA) is 70.1 Å². The molecule has 0 radical (unpaired) electrons. The zero-order valence-corrected chi connectivity index (χ0v) is 11.8. The van der Waals surface area contributed by atoms with Gasteiger partial charge in [-0.3, -0.25) is 4.68 Å². The summed E-state index contributed by atoms with van der Waals surface area (Å²) in [4.78, 5) is 11.7. The van der Waals surface area contributed by atoms with Crippen LogP contribution < -0.4 is 5.73 Å². The van der Waals surface area contributed by atoms with Crippen LogP contribution in [0, 0.1) is 5.92 Å². The van der Waals surface area contributed by atoms with Gasteiger partial charge in [0, 0.05) is 6.20 Å². The molecule has 0 bridgehead atoms. The number of carbonyl (C=O) groups is 1. The van der Waals surface area contributed by atoms with Crippen molar-refractivity contribution < 1.29 is 9.53 Å². The van der Waals surface area contributed by atoms with Crippen molar-refractivity contribution in [3.8, 4) is 0 Å². The Hall–Kier alpha value is -1.52. The van der Waals surface area contributed by atoms with E-state index in [9.17, 15) is 4.79 Å². The summed E-state index contributed by atoms with van der Waals surface area (Å²) in [6, 6.07) is 0.369. The number of hydrogen-bond donors (Lipinski definition) is 1. The third-order valence-electron chi connectivity index (χ3n) is 4.00. The van der Waals surface area contributed by atoms with E-state index in [2.05, 4.69) is 12.0 Å². The summed E-state index contributed by atoms with van der Waals surface area (Å²) in [5.74, 6) is 0.412. The van der Waals surface area contributed by atoms with Gasteiger partial charge in [0.05, 0.1) is 18.3 Å². The van der Waals surface area contributed by atoms with E-state index in [1.165, 1.54) is 19.3 Å². The molecule has 1 aromatic heterocycles. The van der Waals surface area contributed by atoms with E-state index < -0.39 is 5.97 Å². The Bertz CT molecular complexity index is 434. The van der Waals surface area contributed by atoms with Gasteiger partial charge in [0.2, 0.25) is 0 Å². The van der Waals surface area contributed by atoms with Crippen LogP contribution in [0.1, 0.15) is 62.5 Å². The van der Waals surface area contributed by atoms with Crippen molar-refractivity contribution in [2.24, 2.45) is 5.92 Å². The normalized spacial score (nSPS) is 23.3. The molecule has 106 valence electrons. The molecule has 1 heterocycles. The minimum absolute atomic E-state index is 0.250. The molecule has 2 rings (SSSR count). The maximum Gasteiger partial charge on any atom is 0.361 e. The standard InChI is InChI=1S/C14H23N3O2/c1-3-10-5-7-11(8-6-10)17-9-12(15)13(16-17)14(18)19-4-2/h9-11H,3-8,15H2,1-2H3. The zero-order valence-electron chi connectivity index (χ0n) is 11.8. The molecule has 0 amide bonds. The molecule has 1 aliphatic carbocycles. The maximum absolute atomic E-state index is 11.7. The third-order valence-corrected chi connectivity index (χ3v) is 4.00. The van der Waals surface area contributed by atoms with Crippen LogP contribution in [-0.4, -0.2) is 22.4 Å². The first-order chi connectivity index (χ1) is 9.15. The molecule has 2 N–H and O–H groups in total. The van der Waals surface area contributed by atoms with Gasteiger partial charge >= 0.3 is 5.97 Å². The monoisotopic (exact) mass is 265 g/mol. The number of rotatable bonds is 4. The molecule has 1 saturated carbocycles. The molecule has 19 heavy (non-hydrogen) atoms. The first kappa shape index (κ1) is 13.9. The van der Waals surface area contributed by atoms with Crippen molar-refractivity contribution in [2.75, 3.05) is 12.3 Å². The number of esters is 1. The molecule has 5 nitrogen and oxygen atoms in total. The van der Waals surface area contributed by atoms with Crippen LogP contribution in [0.25, 0.3) is 0 Å². The first-order valence-corrected chi connectivity index (χ1v) is 7.17. The van der Waals surface area contributed by atoms with Crippen LogP contribution in [0.3, 0.4) is 0 Å². The van der Waals surface area contributed by atoms with Gasteiger partial charge in [-0.2, -0.15) is 5.10 Å². The zero-order chi connectivity index (χ0) is 13.8. The number of anilines is 1. The third kappa shape index (κ3) is 3.08. The average molecular weight is 265 g/mol. The van der Waals surface area contributed by atoms with E-state index in [0.717, 1.165) is 18.8 Å². The van der Waals surface area contributed by atoms with Gasteiger partial charge in [-0.15, -0.1) is 0 Å². The number of aromatic nitrogens is 2. The summed E-state index contributed by atoms with van der Waals surface area (Å²) in [7, 11) is 0. The van der Waals surface area contributed by atoms with Crippen LogP contribution in [0.5, 0.6) is 0 Å². The molecule has 1 aromatic rings. The highest BCUT2D eigenvalue weighted by Gasteiger charge is 2.24. The van der Waals surface area contributed by atoms with Crippen LogP contribution in [0.4, 0.5) is 5.69 Å². The van der Waals surface area contributed by atoms with Crippen molar-refractivity contribution in [2.45, 2.75) is 52.0 Å². The lowest BCUT2D eigenvalue weighted by Crippen LogP contribution is -2.19. The van der Waals surface area contributed by atoms with E-state index in [-0.39, 0.29) is 5.69 Å². The second-order valence-corrected chi connectivity index (χ2v) is 5.22. The van der Waals surface area contributed by atoms with E-state index in [1.54, 1.807) is 13.1 Å². The van der Waals surface area contributed by atoms with E-state index in [0.29, 0.717) is 18.3 Å². The molecule has 1 fully saturated rings. The van der Waals surface area contributed by atoms with Gasteiger partial charge in [-0.1, -0.05) is 13.3 Å². The van der Waals surface area contributed by atoms with Gasteiger partial charge in [0.1, 0.15) is 0 Å². The summed E-state index contributed by atoms with van der Waals surface area (Å²) in [5.41, 5.74) is 6.51. The Kier molecular flexibility index (Phi) is 4.45. The average Bonchev–Trinajstić information content (AvgIpc) is 2.81. The van der Waals surface area contributed by atoms with Crippen LogP contribution in [0.15, 0.2) is 6.20 Å². The molecule has 0 atom stereocenters. The summed E-state index contributed by atoms with van der Waals surface area (Å²) in [6.45, 7) is 4.36. The Morgan fingerprint density at radius 3 is 2.68 bits per heavy atom. The number of hydrogen-bond acceptors (Lipinski definition) is 4. The number of carbonyl (C=O) groups excluding carboxylic acids is 1. The largest absolute Gasteiger partial charge is 0.461 e. The smallest absolute Gasteiger partial charge is 0.361 e. The lowest BCUT2D eigenvalue weighted by atomic mass is 9.85. The highest BCUT2D eigenvalue weighted by molar-refractivity contribution is 5.92. The van der Waals surface area contributed by atoms with Crippen LogP contribution >= 0.6 is 0 Å². The molecular weight excluding hydrogens is 242 g/mol. The van der Waals surface area contributed by atoms with Gasteiger partial charge in [0.15, 0.2) is 5.69 Å². The molecule has 1 aliphatic rings. The van der Waals surface area contributed by atoms with Gasteiger partial charge in [0.25, 0.3) is 0 Å².